The molecule has 0 atom stereocenters. The van der Waals surface area contributed by atoms with Gasteiger partial charge in [0.15, 0.2) is 0 Å². The number of halogens is 3. The number of aryl methyl sites for hydroxylation is 1. The van der Waals surface area contributed by atoms with E-state index in [4.69, 9.17) is 16.3 Å². The fraction of sp³-hybridized carbons (Fsp3) is 0.167. The summed E-state index contributed by atoms with van der Waals surface area (Å²) in [6.07, 6.45) is 0.657. The number of hydrogen-bond donors (Lipinski definition) is 0. The van der Waals surface area contributed by atoms with Crippen molar-refractivity contribution in [2.75, 3.05) is 0 Å². The molecule has 1 aromatic carbocycles. The zero-order chi connectivity index (χ0) is 13.1. The second-order valence-electron chi connectivity index (χ2n) is 3.48. The van der Waals surface area contributed by atoms with Crippen LogP contribution in [0.3, 0.4) is 0 Å². The first kappa shape index (κ1) is 13.2. The maximum absolute atomic E-state index is 13.1. The van der Waals surface area contributed by atoms with Crippen molar-refractivity contribution < 1.29 is 9.13 Å². The van der Waals surface area contributed by atoms with Crippen molar-refractivity contribution in [3.8, 4) is 11.6 Å². The topological polar surface area (TPSA) is 35.0 Å². The molecule has 2 rings (SSSR count). The molecule has 18 heavy (non-hydrogen) atoms. The Morgan fingerprint density at radius 2 is 2.11 bits per heavy atom. The van der Waals surface area contributed by atoms with Crippen LogP contribution in [0.1, 0.15) is 12.7 Å². The summed E-state index contributed by atoms with van der Waals surface area (Å²) in [5, 5.41) is 0.318. The lowest BCUT2D eigenvalue weighted by Crippen LogP contribution is -1.96. The highest BCUT2D eigenvalue weighted by Crippen LogP contribution is 2.26. The summed E-state index contributed by atoms with van der Waals surface area (Å²) in [6, 6.07) is 5.86. The molecule has 6 heteroatoms. The Morgan fingerprint density at radius 3 is 2.78 bits per heavy atom. The molecule has 1 aromatic heterocycles. The molecular formula is C12H9BrClFN2O. The summed E-state index contributed by atoms with van der Waals surface area (Å²) in [4.78, 5) is 8.20. The van der Waals surface area contributed by atoms with E-state index in [-0.39, 0.29) is 5.82 Å². The molecule has 1 heterocycles. The van der Waals surface area contributed by atoms with Gasteiger partial charge in [-0.25, -0.2) is 9.37 Å². The van der Waals surface area contributed by atoms with Gasteiger partial charge >= 0.3 is 0 Å². The summed E-state index contributed by atoms with van der Waals surface area (Å²) in [6.45, 7) is 1.92. The average molecular weight is 332 g/mol. The van der Waals surface area contributed by atoms with Crippen LogP contribution < -0.4 is 4.74 Å². The molecule has 0 spiro atoms. The number of rotatable bonds is 3. The third-order valence-corrected chi connectivity index (χ3v) is 2.95. The first-order valence-corrected chi connectivity index (χ1v) is 6.42. The third kappa shape index (κ3) is 3.17. The summed E-state index contributed by atoms with van der Waals surface area (Å²) in [5.74, 6) is 1.06. The highest BCUT2D eigenvalue weighted by atomic mass is 79.9. The molecule has 0 aliphatic rings. The van der Waals surface area contributed by atoms with Crippen molar-refractivity contribution in [3.05, 3.63) is 45.5 Å². The zero-order valence-corrected chi connectivity index (χ0v) is 11.8. The van der Waals surface area contributed by atoms with Crippen LogP contribution in [0.15, 0.2) is 28.7 Å². The molecule has 0 unspecified atom stereocenters. The van der Waals surface area contributed by atoms with Gasteiger partial charge in [0.25, 0.3) is 0 Å². The summed E-state index contributed by atoms with van der Waals surface area (Å²) >= 11 is 8.94. The van der Waals surface area contributed by atoms with Crippen LogP contribution in [0, 0.1) is 5.82 Å². The van der Waals surface area contributed by atoms with E-state index in [0.29, 0.717) is 33.5 Å². The van der Waals surface area contributed by atoms with Crippen LogP contribution in [0.2, 0.25) is 5.15 Å². The molecule has 3 nitrogen and oxygen atoms in total. The lowest BCUT2D eigenvalue weighted by atomic mass is 10.3. The third-order valence-electron chi connectivity index (χ3n) is 2.15. The Labute approximate surface area is 117 Å². The molecule has 0 bridgehead atoms. The fourth-order valence-electron chi connectivity index (χ4n) is 1.31. The Balaban J connectivity index is 2.27. The van der Waals surface area contributed by atoms with Gasteiger partial charge in [0.1, 0.15) is 22.5 Å². The SMILES string of the molecule is CCc1nc(Cl)cc(Oc2ccc(F)c(Br)c2)n1. The van der Waals surface area contributed by atoms with Gasteiger partial charge in [0, 0.05) is 12.5 Å². The van der Waals surface area contributed by atoms with E-state index in [1.165, 1.54) is 24.3 Å². The lowest BCUT2D eigenvalue weighted by Gasteiger charge is -2.07. The summed E-state index contributed by atoms with van der Waals surface area (Å²) in [7, 11) is 0. The molecule has 0 aliphatic heterocycles. The molecule has 0 N–H and O–H groups in total. The zero-order valence-electron chi connectivity index (χ0n) is 9.45. The van der Waals surface area contributed by atoms with Gasteiger partial charge in [0.2, 0.25) is 5.88 Å². The van der Waals surface area contributed by atoms with Gasteiger partial charge in [-0.1, -0.05) is 18.5 Å². The van der Waals surface area contributed by atoms with Crippen LogP contribution in [0.25, 0.3) is 0 Å². The van der Waals surface area contributed by atoms with Crippen LogP contribution in [-0.4, -0.2) is 9.97 Å². The van der Waals surface area contributed by atoms with E-state index < -0.39 is 0 Å². The predicted octanol–water partition coefficient (Wildman–Crippen LogP) is 4.39. The second kappa shape index (κ2) is 5.63. The van der Waals surface area contributed by atoms with Crippen LogP contribution in [0.4, 0.5) is 4.39 Å². The number of hydrogen-bond acceptors (Lipinski definition) is 3. The Morgan fingerprint density at radius 1 is 1.33 bits per heavy atom. The van der Waals surface area contributed by atoms with Gasteiger partial charge in [-0.05, 0) is 34.1 Å². The van der Waals surface area contributed by atoms with Gasteiger partial charge in [-0.15, -0.1) is 0 Å². The molecule has 0 fully saturated rings. The number of nitrogens with zero attached hydrogens (tertiary/aromatic N) is 2. The minimum Gasteiger partial charge on any atom is -0.439 e. The van der Waals surface area contributed by atoms with Crippen molar-refractivity contribution in [1.29, 1.82) is 0 Å². The van der Waals surface area contributed by atoms with Crippen LogP contribution in [0.5, 0.6) is 11.6 Å². The molecule has 0 saturated carbocycles. The summed E-state index contributed by atoms with van der Waals surface area (Å²) < 4.78 is 18.9. The Bertz CT molecular complexity index is 580. The molecule has 0 saturated heterocycles. The van der Waals surface area contributed by atoms with Crippen LogP contribution in [-0.2, 0) is 6.42 Å². The van der Waals surface area contributed by atoms with E-state index in [2.05, 4.69) is 25.9 Å². The van der Waals surface area contributed by atoms with Crippen LogP contribution >= 0.6 is 27.5 Å². The van der Waals surface area contributed by atoms with E-state index in [1.54, 1.807) is 0 Å². The smallest absolute Gasteiger partial charge is 0.224 e. The van der Waals surface area contributed by atoms with E-state index >= 15 is 0 Å². The maximum Gasteiger partial charge on any atom is 0.224 e. The summed E-state index contributed by atoms with van der Waals surface area (Å²) in [5.41, 5.74) is 0. The van der Waals surface area contributed by atoms with Gasteiger partial charge in [0.05, 0.1) is 4.47 Å². The highest BCUT2D eigenvalue weighted by Gasteiger charge is 2.06. The normalized spacial score (nSPS) is 10.4. The Kier molecular flexibility index (Phi) is 4.14. The average Bonchev–Trinajstić information content (AvgIpc) is 2.33. The van der Waals surface area contributed by atoms with Crippen molar-refractivity contribution in [1.82, 2.24) is 9.97 Å². The molecular weight excluding hydrogens is 322 g/mol. The second-order valence-corrected chi connectivity index (χ2v) is 4.72. The monoisotopic (exact) mass is 330 g/mol. The number of benzene rings is 1. The molecule has 2 aromatic rings. The maximum atomic E-state index is 13.1. The first-order chi connectivity index (χ1) is 8.58. The van der Waals surface area contributed by atoms with Crippen molar-refractivity contribution >= 4 is 27.5 Å². The van der Waals surface area contributed by atoms with E-state index in [1.807, 2.05) is 6.92 Å². The quantitative estimate of drug-likeness (QED) is 0.783. The van der Waals surface area contributed by atoms with E-state index in [9.17, 15) is 4.39 Å². The van der Waals surface area contributed by atoms with Gasteiger partial charge in [-0.2, -0.15) is 4.98 Å². The molecule has 0 aliphatic carbocycles. The highest BCUT2D eigenvalue weighted by molar-refractivity contribution is 9.10. The largest absolute Gasteiger partial charge is 0.439 e. The fourth-order valence-corrected chi connectivity index (χ4v) is 1.86. The Hall–Kier alpha value is -1.20. The first-order valence-electron chi connectivity index (χ1n) is 5.25. The molecule has 0 radical (unpaired) electrons. The van der Waals surface area contributed by atoms with Gasteiger partial charge in [-0.3, -0.25) is 0 Å². The van der Waals surface area contributed by atoms with Crippen molar-refractivity contribution in [2.24, 2.45) is 0 Å². The standard InChI is InChI=1S/C12H9BrClFN2O/c1-2-11-16-10(14)6-12(17-11)18-7-3-4-9(15)8(13)5-7/h3-6H,2H2,1H3. The molecule has 94 valence electrons. The van der Waals surface area contributed by atoms with Crippen molar-refractivity contribution in [2.45, 2.75) is 13.3 Å². The minimum absolute atomic E-state index is 0.318. The van der Waals surface area contributed by atoms with E-state index in [0.717, 1.165) is 0 Å². The number of ether oxygens (including phenoxy) is 1. The van der Waals surface area contributed by atoms with Gasteiger partial charge < -0.3 is 4.74 Å². The van der Waals surface area contributed by atoms with Crippen molar-refractivity contribution in [3.63, 3.8) is 0 Å². The molecule has 0 amide bonds. The predicted molar refractivity (Wildman–Crippen MR) is 70.6 cm³/mol. The minimum atomic E-state index is -0.350. The lowest BCUT2D eigenvalue weighted by molar-refractivity contribution is 0.456. The number of aromatic nitrogens is 2.